The van der Waals surface area contributed by atoms with Crippen LogP contribution in [-0.2, 0) is 6.54 Å². The van der Waals surface area contributed by atoms with E-state index in [2.05, 4.69) is 5.10 Å². The maximum atomic E-state index is 12.8. The van der Waals surface area contributed by atoms with Crippen LogP contribution in [0.1, 0.15) is 34.5 Å². The molecule has 0 aliphatic rings. The molecule has 3 rings (SSSR count). The molecule has 2 aromatic carbocycles. The Bertz CT molecular complexity index is 923. The summed E-state index contributed by atoms with van der Waals surface area (Å²) >= 11 is 12.2. The molecule has 0 saturated carbocycles. The Morgan fingerprint density at radius 3 is 2.69 bits per heavy atom. The first-order valence-corrected chi connectivity index (χ1v) is 9.00. The fourth-order valence-corrected chi connectivity index (χ4v) is 3.13. The van der Waals surface area contributed by atoms with E-state index < -0.39 is 0 Å². The maximum absolute atomic E-state index is 12.8. The van der Waals surface area contributed by atoms with E-state index in [4.69, 9.17) is 23.2 Å². The van der Waals surface area contributed by atoms with E-state index in [1.165, 1.54) is 0 Å². The Kier molecular flexibility index (Phi) is 5.64. The summed E-state index contributed by atoms with van der Waals surface area (Å²) in [4.78, 5) is 14.5. The Morgan fingerprint density at radius 2 is 1.96 bits per heavy atom. The van der Waals surface area contributed by atoms with E-state index in [0.717, 1.165) is 11.1 Å². The summed E-state index contributed by atoms with van der Waals surface area (Å²) in [5.74, 6) is -0.0946. The molecule has 1 atom stereocenters. The molecule has 0 saturated heterocycles. The van der Waals surface area contributed by atoms with Crippen molar-refractivity contribution in [1.29, 1.82) is 0 Å². The summed E-state index contributed by atoms with van der Waals surface area (Å²) in [5.41, 5.74) is 2.47. The lowest BCUT2D eigenvalue weighted by molar-refractivity contribution is 0.0742. The van der Waals surface area contributed by atoms with Gasteiger partial charge >= 0.3 is 0 Å². The summed E-state index contributed by atoms with van der Waals surface area (Å²) < 4.78 is 1.71. The second-order valence-corrected chi connectivity index (χ2v) is 7.01. The largest absolute Gasteiger partial charge is 0.335 e. The van der Waals surface area contributed by atoms with E-state index in [0.29, 0.717) is 22.2 Å². The van der Waals surface area contributed by atoms with Crippen molar-refractivity contribution in [2.75, 3.05) is 7.05 Å². The molecule has 3 aromatic rings. The molecule has 0 bridgehead atoms. The predicted molar refractivity (Wildman–Crippen MR) is 105 cm³/mol. The van der Waals surface area contributed by atoms with Gasteiger partial charge in [0.25, 0.3) is 5.91 Å². The van der Waals surface area contributed by atoms with Crippen LogP contribution >= 0.6 is 23.2 Å². The lowest BCUT2D eigenvalue weighted by Gasteiger charge is -2.25. The topological polar surface area (TPSA) is 38.1 Å². The molecule has 134 valence electrons. The van der Waals surface area contributed by atoms with Gasteiger partial charge in [0.05, 0.1) is 24.3 Å². The second-order valence-electron chi connectivity index (χ2n) is 6.17. The maximum Gasteiger partial charge on any atom is 0.257 e. The molecule has 0 fully saturated rings. The van der Waals surface area contributed by atoms with Gasteiger partial charge in [-0.2, -0.15) is 5.10 Å². The Hall–Kier alpha value is -2.30. The zero-order valence-electron chi connectivity index (χ0n) is 14.6. The van der Waals surface area contributed by atoms with Crippen LogP contribution in [0.4, 0.5) is 0 Å². The van der Waals surface area contributed by atoms with Crippen LogP contribution in [0.5, 0.6) is 0 Å². The number of hydrogen-bond donors (Lipinski definition) is 0. The van der Waals surface area contributed by atoms with Gasteiger partial charge in [0.15, 0.2) is 0 Å². The summed E-state index contributed by atoms with van der Waals surface area (Å²) in [6.07, 6.45) is 3.33. The smallest absolute Gasteiger partial charge is 0.257 e. The lowest BCUT2D eigenvalue weighted by Crippen LogP contribution is -2.29. The first kappa shape index (κ1) is 18.5. The van der Waals surface area contributed by atoms with Crippen LogP contribution in [0.25, 0.3) is 0 Å². The SMILES string of the molecule is CC(c1cccc(Cl)c1)N(C)C(=O)c1cnn(Cc2ccccc2Cl)c1. The molecule has 1 amide bonds. The quantitative estimate of drug-likeness (QED) is 0.612. The average Bonchev–Trinajstić information content (AvgIpc) is 3.10. The van der Waals surface area contributed by atoms with Crippen LogP contribution in [-0.4, -0.2) is 27.6 Å². The molecule has 0 aliphatic carbocycles. The molecule has 0 N–H and O–H groups in total. The molecule has 1 unspecified atom stereocenters. The van der Waals surface area contributed by atoms with Crippen molar-refractivity contribution in [2.45, 2.75) is 19.5 Å². The number of carbonyl (C=O) groups excluding carboxylic acids is 1. The normalized spacial score (nSPS) is 12.0. The number of rotatable bonds is 5. The van der Waals surface area contributed by atoms with Gasteiger partial charge in [-0.3, -0.25) is 9.48 Å². The average molecular weight is 388 g/mol. The molecular formula is C20H19Cl2N3O. The number of benzene rings is 2. The molecule has 4 nitrogen and oxygen atoms in total. The van der Waals surface area contributed by atoms with Crippen molar-refractivity contribution in [3.63, 3.8) is 0 Å². The number of carbonyl (C=O) groups is 1. The molecule has 1 heterocycles. The van der Waals surface area contributed by atoms with Gasteiger partial charge in [-0.1, -0.05) is 53.5 Å². The van der Waals surface area contributed by atoms with Crippen LogP contribution in [0.2, 0.25) is 10.0 Å². The number of nitrogens with zero attached hydrogens (tertiary/aromatic N) is 3. The molecular weight excluding hydrogens is 369 g/mol. The number of hydrogen-bond acceptors (Lipinski definition) is 2. The van der Waals surface area contributed by atoms with E-state index in [9.17, 15) is 4.79 Å². The van der Waals surface area contributed by atoms with E-state index in [-0.39, 0.29) is 11.9 Å². The molecule has 0 radical (unpaired) electrons. The zero-order valence-corrected chi connectivity index (χ0v) is 16.1. The number of aromatic nitrogens is 2. The highest BCUT2D eigenvalue weighted by atomic mass is 35.5. The van der Waals surface area contributed by atoms with E-state index >= 15 is 0 Å². The van der Waals surface area contributed by atoms with Crippen molar-refractivity contribution >= 4 is 29.1 Å². The highest BCUT2D eigenvalue weighted by molar-refractivity contribution is 6.31. The highest BCUT2D eigenvalue weighted by Gasteiger charge is 2.20. The minimum atomic E-state index is -0.104. The minimum absolute atomic E-state index is 0.0946. The monoisotopic (exact) mass is 387 g/mol. The van der Waals surface area contributed by atoms with E-state index in [1.807, 2.05) is 55.5 Å². The van der Waals surface area contributed by atoms with Crippen molar-refractivity contribution in [3.8, 4) is 0 Å². The van der Waals surface area contributed by atoms with Gasteiger partial charge < -0.3 is 4.90 Å². The van der Waals surface area contributed by atoms with E-state index in [1.54, 1.807) is 29.0 Å². The third-order valence-corrected chi connectivity index (χ3v) is 5.01. The van der Waals surface area contributed by atoms with Crippen LogP contribution < -0.4 is 0 Å². The molecule has 1 aromatic heterocycles. The van der Waals surface area contributed by atoms with Crippen LogP contribution in [0, 0.1) is 0 Å². The van der Waals surface area contributed by atoms with Gasteiger partial charge in [0, 0.05) is 23.3 Å². The summed E-state index contributed by atoms with van der Waals surface area (Å²) in [6, 6.07) is 15.0. The summed E-state index contributed by atoms with van der Waals surface area (Å²) in [7, 11) is 1.78. The third kappa shape index (κ3) is 4.09. The van der Waals surface area contributed by atoms with Gasteiger partial charge in [-0.15, -0.1) is 0 Å². The first-order chi connectivity index (χ1) is 12.5. The number of halogens is 2. The van der Waals surface area contributed by atoms with Crippen molar-refractivity contribution in [2.24, 2.45) is 0 Å². The van der Waals surface area contributed by atoms with Crippen molar-refractivity contribution in [3.05, 3.63) is 87.7 Å². The molecule has 0 aliphatic heterocycles. The Morgan fingerprint density at radius 1 is 1.19 bits per heavy atom. The highest BCUT2D eigenvalue weighted by Crippen LogP contribution is 2.23. The first-order valence-electron chi connectivity index (χ1n) is 8.24. The van der Waals surface area contributed by atoms with Gasteiger partial charge in [0.1, 0.15) is 0 Å². The van der Waals surface area contributed by atoms with Crippen LogP contribution in [0.15, 0.2) is 60.9 Å². The van der Waals surface area contributed by atoms with Crippen molar-refractivity contribution in [1.82, 2.24) is 14.7 Å². The predicted octanol–water partition coefficient (Wildman–Crippen LogP) is 5.07. The fraction of sp³-hybridized carbons (Fsp3) is 0.200. The van der Waals surface area contributed by atoms with Gasteiger partial charge in [-0.25, -0.2) is 0 Å². The Labute approximate surface area is 163 Å². The standard InChI is InChI=1S/C20H19Cl2N3O/c1-14(15-7-5-8-18(21)10-15)24(2)20(26)17-11-23-25(13-17)12-16-6-3-4-9-19(16)22/h3-11,13-14H,12H2,1-2H3. The van der Waals surface area contributed by atoms with Gasteiger partial charge in [-0.05, 0) is 36.2 Å². The fourth-order valence-electron chi connectivity index (χ4n) is 2.73. The second kappa shape index (κ2) is 7.94. The van der Waals surface area contributed by atoms with Crippen molar-refractivity contribution < 1.29 is 4.79 Å². The lowest BCUT2D eigenvalue weighted by atomic mass is 10.1. The third-order valence-electron chi connectivity index (χ3n) is 4.40. The molecule has 6 heteroatoms. The van der Waals surface area contributed by atoms with Gasteiger partial charge in [0.2, 0.25) is 0 Å². The molecule has 0 spiro atoms. The van der Waals surface area contributed by atoms with Crippen LogP contribution in [0.3, 0.4) is 0 Å². The minimum Gasteiger partial charge on any atom is -0.335 e. The Balaban J connectivity index is 1.74. The number of amides is 1. The summed E-state index contributed by atoms with van der Waals surface area (Å²) in [6.45, 7) is 2.48. The summed E-state index contributed by atoms with van der Waals surface area (Å²) in [5, 5.41) is 5.63. The molecule has 26 heavy (non-hydrogen) atoms. The zero-order chi connectivity index (χ0) is 18.7.